The van der Waals surface area contributed by atoms with Gasteiger partial charge in [-0.05, 0) is 58.9 Å². The second-order valence-electron chi connectivity index (χ2n) is 4.42. The Morgan fingerprint density at radius 1 is 0.929 bits per heavy atom. The SMILES string of the molecule is CNCCCCCN1CCCCCC1. The van der Waals surface area contributed by atoms with Crippen molar-refractivity contribution in [2.75, 3.05) is 33.2 Å². The van der Waals surface area contributed by atoms with E-state index in [1.165, 1.54) is 71.1 Å². The smallest absolute Gasteiger partial charge is 0.00187 e. The number of likely N-dealkylation sites (tertiary alicyclic amines) is 1. The summed E-state index contributed by atoms with van der Waals surface area (Å²) in [5.41, 5.74) is 0. The van der Waals surface area contributed by atoms with E-state index in [1.54, 1.807) is 0 Å². The maximum Gasteiger partial charge on any atom is -0.00187 e. The molecule has 1 aliphatic rings. The van der Waals surface area contributed by atoms with E-state index in [0.29, 0.717) is 0 Å². The van der Waals surface area contributed by atoms with Gasteiger partial charge in [-0.1, -0.05) is 19.3 Å². The first-order valence-electron chi connectivity index (χ1n) is 6.30. The summed E-state index contributed by atoms with van der Waals surface area (Å²) in [6.45, 7) is 5.22. The molecule has 1 rings (SSSR count). The van der Waals surface area contributed by atoms with Crippen LogP contribution >= 0.6 is 0 Å². The number of hydrogen-bond acceptors (Lipinski definition) is 2. The van der Waals surface area contributed by atoms with Crippen molar-refractivity contribution in [3.63, 3.8) is 0 Å². The van der Waals surface area contributed by atoms with Crippen molar-refractivity contribution >= 4 is 0 Å². The molecular formula is C12H26N2. The molecule has 0 atom stereocenters. The van der Waals surface area contributed by atoms with Gasteiger partial charge in [0.2, 0.25) is 0 Å². The van der Waals surface area contributed by atoms with Gasteiger partial charge >= 0.3 is 0 Å². The normalized spacial score (nSPS) is 19.5. The standard InChI is InChI=1S/C12H26N2/c1-13-9-5-4-8-12-14-10-6-2-3-7-11-14/h13H,2-12H2,1H3. The lowest BCUT2D eigenvalue weighted by molar-refractivity contribution is 0.278. The predicted molar refractivity (Wildman–Crippen MR) is 62.7 cm³/mol. The lowest BCUT2D eigenvalue weighted by Gasteiger charge is -2.19. The van der Waals surface area contributed by atoms with Crippen molar-refractivity contribution in [2.45, 2.75) is 44.9 Å². The maximum absolute atomic E-state index is 3.20. The number of rotatable bonds is 6. The Bertz CT molecular complexity index is 117. The molecule has 2 heteroatoms. The third kappa shape index (κ3) is 5.61. The van der Waals surface area contributed by atoms with Gasteiger partial charge in [-0.15, -0.1) is 0 Å². The molecule has 0 amide bonds. The van der Waals surface area contributed by atoms with E-state index >= 15 is 0 Å². The van der Waals surface area contributed by atoms with Gasteiger partial charge < -0.3 is 10.2 Å². The van der Waals surface area contributed by atoms with Crippen molar-refractivity contribution in [1.29, 1.82) is 0 Å². The number of unbranched alkanes of at least 4 members (excludes halogenated alkanes) is 2. The molecule has 0 bridgehead atoms. The molecule has 1 aliphatic heterocycles. The first kappa shape index (κ1) is 12.0. The van der Waals surface area contributed by atoms with Crippen LogP contribution in [0.1, 0.15) is 44.9 Å². The molecule has 84 valence electrons. The summed E-state index contributed by atoms with van der Waals surface area (Å²) in [6, 6.07) is 0. The average molecular weight is 198 g/mol. The molecule has 1 fully saturated rings. The minimum atomic E-state index is 1.18. The van der Waals surface area contributed by atoms with Crippen LogP contribution in [0.3, 0.4) is 0 Å². The quantitative estimate of drug-likeness (QED) is 0.659. The largest absolute Gasteiger partial charge is 0.320 e. The molecule has 0 aromatic heterocycles. The summed E-state index contributed by atoms with van der Waals surface area (Å²) in [4.78, 5) is 2.66. The first-order valence-corrected chi connectivity index (χ1v) is 6.30. The second kappa shape index (κ2) is 8.25. The average Bonchev–Trinajstić information content (AvgIpc) is 2.46. The highest BCUT2D eigenvalue weighted by Crippen LogP contribution is 2.10. The van der Waals surface area contributed by atoms with E-state index in [9.17, 15) is 0 Å². The second-order valence-corrected chi connectivity index (χ2v) is 4.42. The number of nitrogens with one attached hydrogen (secondary N) is 1. The van der Waals surface area contributed by atoms with Crippen LogP contribution in [-0.2, 0) is 0 Å². The Hall–Kier alpha value is -0.0800. The van der Waals surface area contributed by atoms with Crippen molar-refractivity contribution in [3.8, 4) is 0 Å². The fraction of sp³-hybridized carbons (Fsp3) is 1.00. The van der Waals surface area contributed by atoms with Crippen molar-refractivity contribution in [1.82, 2.24) is 10.2 Å². The van der Waals surface area contributed by atoms with Crippen molar-refractivity contribution in [2.24, 2.45) is 0 Å². The summed E-state index contributed by atoms with van der Waals surface area (Å²) in [5.74, 6) is 0. The minimum Gasteiger partial charge on any atom is -0.320 e. The van der Waals surface area contributed by atoms with Crippen LogP contribution in [0.15, 0.2) is 0 Å². The maximum atomic E-state index is 3.20. The highest BCUT2D eigenvalue weighted by molar-refractivity contribution is 4.63. The van der Waals surface area contributed by atoms with Gasteiger partial charge in [0.25, 0.3) is 0 Å². The van der Waals surface area contributed by atoms with E-state index in [1.807, 2.05) is 7.05 Å². The summed E-state index contributed by atoms with van der Waals surface area (Å²) in [7, 11) is 2.04. The molecule has 1 heterocycles. The van der Waals surface area contributed by atoms with Crippen molar-refractivity contribution in [3.05, 3.63) is 0 Å². The summed E-state index contributed by atoms with van der Waals surface area (Å²) in [6.07, 6.45) is 9.88. The third-order valence-corrected chi connectivity index (χ3v) is 3.10. The lowest BCUT2D eigenvalue weighted by Crippen LogP contribution is -2.25. The van der Waals surface area contributed by atoms with Gasteiger partial charge in [-0.3, -0.25) is 0 Å². The first-order chi connectivity index (χ1) is 6.93. The van der Waals surface area contributed by atoms with Crippen LogP contribution in [-0.4, -0.2) is 38.1 Å². The van der Waals surface area contributed by atoms with Crippen LogP contribution in [0.2, 0.25) is 0 Å². The van der Waals surface area contributed by atoms with Crippen LogP contribution < -0.4 is 5.32 Å². The van der Waals surface area contributed by atoms with Crippen LogP contribution in [0, 0.1) is 0 Å². The van der Waals surface area contributed by atoms with E-state index in [-0.39, 0.29) is 0 Å². The number of nitrogens with zero attached hydrogens (tertiary/aromatic N) is 1. The Morgan fingerprint density at radius 2 is 1.64 bits per heavy atom. The molecule has 0 aromatic carbocycles. The molecule has 2 nitrogen and oxygen atoms in total. The zero-order chi connectivity index (χ0) is 10.1. The fourth-order valence-corrected chi connectivity index (χ4v) is 2.17. The molecule has 0 aliphatic carbocycles. The van der Waals surface area contributed by atoms with E-state index in [2.05, 4.69) is 10.2 Å². The Labute approximate surface area is 89.1 Å². The fourth-order valence-electron chi connectivity index (χ4n) is 2.17. The van der Waals surface area contributed by atoms with Crippen LogP contribution in [0.4, 0.5) is 0 Å². The lowest BCUT2D eigenvalue weighted by atomic mass is 10.2. The molecule has 1 saturated heterocycles. The Morgan fingerprint density at radius 3 is 2.29 bits per heavy atom. The third-order valence-electron chi connectivity index (χ3n) is 3.10. The van der Waals surface area contributed by atoms with E-state index in [0.717, 1.165) is 0 Å². The van der Waals surface area contributed by atoms with Gasteiger partial charge in [-0.2, -0.15) is 0 Å². The van der Waals surface area contributed by atoms with Gasteiger partial charge in [0.15, 0.2) is 0 Å². The molecular weight excluding hydrogens is 172 g/mol. The number of hydrogen-bond donors (Lipinski definition) is 1. The Kier molecular flexibility index (Phi) is 7.06. The van der Waals surface area contributed by atoms with E-state index < -0.39 is 0 Å². The van der Waals surface area contributed by atoms with E-state index in [4.69, 9.17) is 0 Å². The van der Waals surface area contributed by atoms with Gasteiger partial charge in [0.1, 0.15) is 0 Å². The van der Waals surface area contributed by atoms with Crippen LogP contribution in [0.25, 0.3) is 0 Å². The highest BCUT2D eigenvalue weighted by Gasteiger charge is 2.07. The van der Waals surface area contributed by atoms with Crippen LogP contribution in [0.5, 0.6) is 0 Å². The predicted octanol–water partition coefficient (Wildman–Crippen LogP) is 2.25. The topological polar surface area (TPSA) is 15.3 Å². The Balaban J connectivity index is 1.93. The van der Waals surface area contributed by atoms with Gasteiger partial charge in [-0.25, -0.2) is 0 Å². The van der Waals surface area contributed by atoms with Gasteiger partial charge in [0.05, 0.1) is 0 Å². The minimum absolute atomic E-state index is 1.18. The molecule has 14 heavy (non-hydrogen) atoms. The zero-order valence-electron chi connectivity index (χ0n) is 9.73. The van der Waals surface area contributed by atoms with Crippen molar-refractivity contribution < 1.29 is 0 Å². The zero-order valence-corrected chi connectivity index (χ0v) is 9.73. The highest BCUT2D eigenvalue weighted by atomic mass is 15.1. The molecule has 0 radical (unpaired) electrons. The molecule has 0 unspecified atom stereocenters. The molecule has 0 saturated carbocycles. The molecule has 0 aromatic rings. The monoisotopic (exact) mass is 198 g/mol. The summed E-state index contributed by atoms with van der Waals surface area (Å²) < 4.78 is 0. The summed E-state index contributed by atoms with van der Waals surface area (Å²) in [5, 5.41) is 3.20. The van der Waals surface area contributed by atoms with Gasteiger partial charge in [0, 0.05) is 0 Å². The molecule has 1 N–H and O–H groups in total. The summed E-state index contributed by atoms with van der Waals surface area (Å²) >= 11 is 0. The molecule has 0 spiro atoms.